The molecule has 0 aliphatic heterocycles. The normalized spacial score (nSPS) is 7.64. The zero-order valence-electron chi connectivity index (χ0n) is 5.95. The first-order valence-electron chi connectivity index (χ1n) is 2.68. The van der Waals surface area contributed by atoms with Crippen LogP contribution in [0.4, 0.5) is 0 Å². The molecule has 5 heteroatoms. The summed E-state index contributed by atoms with van der Waals surface area (Å²) in [4.78, 5) is 20.1. The van der Waals surface area contributed by atoms with Crippen molar-refractivity contribution in [2.45, 2.75) is 6.42 Å². The molecule has 0 aromatic carbocycles. The van der Waals surface area contributed by atoms with Gasteiger partial charge in [-0.3, -0.25) is 4.79 Å². The summed E-state index contributed by atoms with van der Waals surface area (Å²) in [5.74, 6) is -1.59. The first kappa shape index (κ1) is 12.9. The Hall–Kier alpha value is -0.788. The highest BCUT2D eigenvalue weighted by atomic mass is 27.0. The molecule has 4 nitrogen and oxygen atoms in total. The predicted molar refractivity (Wildman–Crippen MR) is 39.2 cm³/mol. The van der Waals surface area contributed by atoms with Gasteiger partial charge in [0.2, 0.25) is 0 Å². The SMILES string of the molecule is C=CC(=O)OCCC(=O)O.[Al]. The zero-order valence-corrected chi connectivity index (χ0v) is 7.10. The number of esters is 1. The molecule has 0 saturated carbocycles. The summed E-state index contributed by atoms with van der Waals surface area (Å²) >= 11 is 0. The number of hydrogen-bond donors (Lipinski definition) is 1. The monoisotopic (exact) mass is 171 g/mol. The number of carbonyl (C=O) groups excluding carboxylic acids is 1. The lowest BCUT2D eigenvalue weighted by atomic mass is 10.5. The number of carbonyl (C=O) groups is 2. The van der Waals surface area contributed by atoms with E-state index in [1.807, 2.05) is 0 Å². The van der Waals surface area contributed by atoms with Gasteiger partial charge < -0.3 is 9.84 Å². The molecule has 0 atom stereocenters. The smallest absolute Gasteiger partial charge is 0.330 e. The maximum Gasteiger partial charge on any atom is 0.330 e. The van der Waals surface area contributed by atoms with E-state index in [1.54, 1.807) is 0 Å². The number of carboxylic acid groups (broad SMARTS) is 1. The van der Waals surface area contributed by atoms with E-state index < -0.39 is 11.9 Å². The van der Waals surface area contributed by atoms with Crippen molar-refractivity contribution in [3.8, 4) is 0 Å². The van der Waals surface area contributed by atoms with Gasteiger partial charge in [0, 0.05) is 23.4 Å². The van der Waals surface area contributed by atoms with Gasteiger partial charge in [-0.05, 0) is 0 Å². The standard InChI is InChI=1S/C6H8O4.Al/c1-2-6(9)10-4-3-5(7)8;/h2H,1,3-4H2,(H,7,8);. The molecule has 11 heavy (non-hydrogen) atoms. The third-order valence-corrected chi connectivity index (χ3v) is 0.727. The van der Waals surface area contributed by atoms with Gasteiger partial charge in [-0.1, -0.05) is 6.58 Å². The summed E-state index contributed by atoms with van der Waals surface area (Å²) in [6, 6.07) is 0. The summed E-state index contributed by atoms with van der Waals surface area (Å²) in [6.07, 6.45) is 0.821. The van der Waals surface area contributed by atoms with Gasteiger partial charge >= 0.3 is 11.9 Å². The molecule has 0 saturated heterocycles. The Bertz CT molecular complexity index is 155. The molecule has 1 N–H and O–H groups in total. The first-order chi connectivity index (χ1) is 4.66. The molecule has 0 aliphatic carbocycles. The molecule has 0 aromatic rings. The number of rotatable bonds is 4. The summed E-state index contributed by atoms with van der Waals surface area (Å²) in [6.45, 7) is 3.04. The quantitative estimate of drug-likeness (QED) is 0.361. The molecular formula is C6H8AlO4. The fraction of sp³-hybridized carbons (Fsp3) is 0.333. The molecule has 59 valence electrons. The van der Waals surface area contributed by atoms with Crippen LogP contribution in [0.5, 0.6) is 0 Å². The van der Waals surface area contributed by atoms with E-state index >= 15 is 0 Å². The van der Waals surface area contributed by atoms with Gasteiger partial charge in [0.15, 0.2) is 0 Å². The third kappa shape index (κ3) is 9.21. The van der Waals surface area contributed by atoms with Gasteiger partial charge in [0.05, 0.1) is 6.42 Å². The molecule has 0 spiro atoms. The molecule has 0 unspecified atom stereocenters. The lowest BCUT2D eigenvalue weighted by Gasteiger charge is -1.96. The van der Waals surface area contributed by atoms with Crippen LogP contribution < -0.4 is 0 Å². The van der Waals surface area contributed by atoms with E-state index in [9.17, 15) is 9.59 Å². The number of hydrogen-bond acceptors (Lipinski definition) is 3. The van der Waals surface area contributed by atoms with E-state index in [-0.39, 0.29) is 30.4 Å². The Kier molecular flexibility index (Phi) is 8.55. The van der Waals surface area contributed by atoms with E-state index in [1.165, 1.54) is 0 Å². The van der Waals surface area contributed by atoms with E-state index in [2.05, 4.69) is 11.3 Å². The fourth-order valence-electron chi connectivity index (χ4n) is 0.298. The topological polar surface area (TPSA) is 63.6 Å². The average molecular weight is 171 g/mol. The maximum absolute atomic E-state index is 10.3. The Balaban J connectivity index is 0. The lowest BCUT2D eigenvalue weighted by Crippen LogP contribution is -2.06. The summed E-state index contributed by atoms with van der Waals surface area (Å²) in [5.41, 5.74) is 0. The van der Waals surface area contributed by atoms with Gasteiger partial charge in [-0.15, -0.1) is 0 Å². The number of carboxylic acids is 1. The van der Waals surface area contributed by atoms with Crippen molar-refractivity contribution in [1.29, 1.82) is 0 Å². The minimum Gasteiger partial charge on any atom is -0.481 e. The van der Waals surface area contributed by atoms with Crippen molar-refractivity contribution in [1.82, 2.24) is 0 Å². The molecule has 0 amide bonds. The second-order valence-electron chi connectivity index (χ2n) is 1.52. The number of aliphatic carboxylic acids is 1. The zero-order chi connectivity index (χ0) is 7.98. The van der Waals surface area contributed by atoms with E-state index in [0.29, 0.717) is 0 Å². The second-order valence-corrected chi connectivity index (χ2v) is 1.52. The lowest BCUT2D eigenvalue weighted by molar-refractivity contribution is -0.142. The predicted octanol–water partition coefficient (Wildman–Crippen LogP) is -0.190. The minimum atomic E-state index is -0.989. The van der Waals surface area contributed by atoms with Crippen LogP contribution >= 0.6 is 0 Å². The molecule has 0 aromatic heterocycles. The van der Waals surface area contributed by atoms with Crippen molar-refractivity contribution >= 4 is 29.3 Å². The van der Waals surface area contributed by atoms with Crippen LogP contribution in [0.15, 0.2) is 12.7 Å². The van der Waals surface area contributed by atoms with Crippen molar-refractivity contribution < 1.29 is 19.4 Å². The minimum absolute atomic E-state index is 0. The van der Waals surface area contributed by atoms with Crippen LogP contribution in [0.2, 0.25) is 0 Å². The van der Waals surface area contributed by atoms with Crippen molar-refractivity contribution in [3.63, 3.8) is 0 Å². The summed E-state index contributed by atoms with van der Waals surface area (Å²) < 4.78 is 4.36. The third-order valence-electron chi connectivity index (χ3n) is 0.727. The highest BCUT2D eigenvalue weighted by molar-refractivity contribution is 5.81. The molecule has 0 fully saturated rings. The Morgan fingerprint density at radius 1 is 1.55 bits per heavy atom. The molecule has 0 rings (SSSR count). The Morgan fingerprint density at radius 3 is 2.45 bits per heavy atom. The highest BCUT2D eigenvalue weighted by Gasteiger charge is 1.98. The Labute approximate surface area is 75.0 Å². The van der Waals surface area contributed by atoms with Gasteiger partial charge in [-0.25, -0.2) is 4.79 Å². The second kappa shape index (κ2) is 7.32. The maximum atomic E-state index is 10.3. The van der Waals surface area contributed by atoms with Crippen molar-refractivity contribution in [3.05, 3.63) is 12.7 Å². The van der Waals surface area contributed by atoms with Crippen LogP contribution in [-0.4, -0.2) is 41.0 Å². The van der Waals surface area contributed by atoms with E-state index in [4.69, 9.17) is 5.11 Å². The van der Waals surface area contributed by atoms with Crippen LogP contribution in [0, 0.1) is 0 Å². The van der Waals surface area contributed by atoms with Gasteiger partial charge in [0.1, 0.15) is 6.61 Å². The molecule has 0 heterocycles. The fourth-order valence-corrected chi connectivity index (χ4v) is 0.298. The highest BCUT2D eigenvalue weighted by Crippen LogP contribution is 1.83. The molecule has 3 radical (unpaired) electrons. The van der Waals surface area contributed by atoms with Crippen LogP contribution in [0.1, 0.15) is 6.42 Å². The van der Waals surface area contributed by atoms with Crippen molar-refractivity contribution in [2.24, 2.45) is 0 Å². The largest absolute Gasteiger partial charge is 0.481 e. The van der Waals surface area contributed by atoms with E-state index in [0.717, 1.165) is 6.08 Å². The van der Waals surface area contributed by atoms with Crippen LogP contribution in [-0.2, 0) is 14.3 Å². The van der Waals surface area contributed by atoms with Crippen LogP contribution in [0.3, 0.4) is 0 Å². The number of ether oxygens (including phenoxy) is 1. The summed E-state index contributed by atoms with van der Waals surface area (Å²) in [7, 11) is 0. The Morgan fingerprint density at radius 2 is 2.09 bits per heavy atom. The average Bonchev–Trinajstić information content (AvgIpc) is 1.87. The molecule has 0 aliphatic rings. The molecule has 0 bridgehead atoms. The first-order valence-corrected chi connectivity index (χ1v) is 2.68. The van der Waals surface area contributed by atoms with Crippen molar-refractivity contribution in [2.75, 3.05) is 6.61 Å². The summed E-state index contributed by atoms with van der Waals surface area (Å²) in [5, 5.41) is 8.08. The molecular weight excluding hydrogens is 163 g/mol. The van der Waals surface area contributed by atoms with Crippen LogP contribution in [0.25, 0.3) is 0 Å². The van der Waals surface area contributed by atoms with Gasteiger partial charge in [0.25, 0.3) is 0 Å². The van der Waals surface area contributed by atoms with Gasteiger partial charge in [-0.2, -0.15) is 0 Å².